The summed E-state index contributed by atoms with van der Waals surface area (Å²) in [4.78, 5) is 21.1. The first-order valence-corrected chi connectivity index (χ1v) is 4.17. The minimum Gasteiger partial charge on any atom is -0.478 e. The van der Waals surface area contributed by atoms with Gasteiger partial charge in [-0.2, -0.15) is 0 Å². The van der Waals surface area contributed by atoms with Gasteiger partial charge in [0.25, 0.3) is 0 Å². The van der Waals surface area contributed by atoms with Crippen LogP contribution in [0.5, 0.6) is 0 Å². The van der Waals surface area contributed by atoms with Crippen LogP contribution in [-0.2, 0) is 9.59 Å². The molecule has 0 rings (SSSR count). The zero-order chi connectivity index (χ0) is 10.4. The Morgan fingerprint density at radius 1 is 1.15 bits per heavy atom. The number of carboxylic acids is 2. The molecule has 2 N–H and O–H groups in total. The molecule has 13 heavy (non-hydrogen) atoms. The van der Waals surface area contributed by atoms with Gasteiger partial charge in [-0.25, -0.2) is 9.59 Å². The van der Waals surface area contributed by atoms with Crippen LogP contribution in [0.15, 0.2) is 11.1 Å². The molecular weight excluding hydrogens is 172 g/mol. The average molecular weight is 186 g/mol. The van der Waals surface area contributed by atoms with Crippen LogP contribution >= 0.6 is 0 Å². The molecule has 0 amide bonds. The van der Waals surface area contributed by atoms with Crippen molar-refractivity contribution in [1.29, 1.82) is 0 Å². The predicted octanol–water partition coefficient (Wildman–Crippen LogP) is 1.66. The minimum absolute atomic E-state index is 0.00866. The third-order valence-corrected chi connectivity index (χ3v) is 1.81. The maximum absolute atomic E-state index is 10.6. The number of carbonyl (C=O) groups is 2. The van der Waals surface area contributed by atoms with Gasteiger partial charge >= 0.3 is 11.9 Å². The van der Waals surface area contributed by atoms with Gasteiger partial charge in [0.15, 0.2) is 0 Å². The normalized spacial score (nSPS) is 12.2. The smallest absolute Gasteiger partial charge is 0.332 e. The Kier molecular flexibility index (Phi) is 4.80. The van der Waals surface area contributed by atoms with Gasteiger partial charge in [-0.3, -0.25) is 0 Å². The van der Waals surface area contributed by atoms with Crippen molar-refractivity contribution in [2.45, 2.75) is 33.1 Å². The van der Waals surface area contributed by atoms with Crippen LogP contribution < -0.4 is 0 Å². The second-order valence-corrected chi connectivity index (χ2v) is 2.82. The van der Waals surface area contributed by atoms with Crippen molar-refractivity contribution in [3.8, 4) is 0 Å². The first-order chi connectivity index (χ1) is 6.00. The van der Waals surface area contributed by atoms with Crippen molar-refractivity contribution >= 4 is 11.9 Å². The number of unbranched alkanes of at least 4 members (excludes halogenated alkanes) is 1. The predicted molar refractivity (Wildman–Crippen MR) is 47.5 cm³/mol. The molecule has 74 valence electrons. The van der Waals surface area contributed by atoms with E-state index in [-0.39, 0.29) is 11.1 Å². The Morgan fingerprint density at radius 3 is 2.00 bits per heavy atom. The summed E-state index contributed by atoms with van der Waals surface area (Å²) in [5.74, 6) is -2.29. The molecule has 0 bridgehead atoms. The molecule has 0 aliphatic carbocycles. The third-order valence-electron chi connectivity index (χ3n) is 1.81. The Bertz CT molecular complexity index is 240. The molecule has 0 aromatic heterocycles. The van der Waals surface area contributed by atoms with Crippen molar-refractivity contribution in [2.24, 2.45) is 0 Å². The van der Waals surface area contributed by atoms with E-state index >= 15 is 0 Å². The van der Waals surface area contributed by atoms with Crippen molar-refractivity contribution in [3.05, 3.63) is 11.1 Å². The van der Waals surface area contributed by atoms with Crippen LogP contribution in [-0.4, -0.2) is 22.2 Å². The fourth-order valence-corrected chi connectivity index (χ4v) is 0.937. The van der Waals surface area contributed by atoms with E-state index in [0.717, 1.165) is 6.42 Å². The molecule has 4 nitrogen and oxygen atoms in total. The van der Waals surface area contributed by atoms with E-state index in [0.29, 0.717) is 12.8 Å². The van der Waals surface area contributed by atoms with E-state index in [1.807, 2.05) is 6.92 Å². The highest BCUT2D eigenvalue weighted by atomic mass is 16.4. The molecule has 0 saturated heterocycles. The number of hydrogen-bond donors (Lipinski definition) is 2. The van der Waals surface area contributed by atoms with E-state index < -0.39 is 11.9 Å². The molecule has 0 radical (unpaired) electrons. The number of rotatable bonds is 5. The summed E-state index contributed by atoms with van der Waals surface area (Å²) in [6, 6.07) is 0. The van der Waals surface area contributed by atoms with E-state index in [9.17, 15) is 9.59 Å². The topological polar surface area (TPSA) is 74.6 Å². The van der Waals surface area contributed by atoms with E-state index in [4.69, 9.17) is 10.2 Å². The fraction of sp³-hybridized carbons (Fsp3) is 0.556. The first-order valence-electron chi connectivity index (χ1n) is 4.17. The van der Waals surface area contributed by atoms with Crippen LogP contribution in [0, 0.1) is 0 Å². The van der Waals surface area contributed by atoms with Crippen molar-refractivity contribution < 1.29 is 19.8 Å². The van der Waals surface area contributed by atoms with E-state index in [2.05, 4.69) is 0 Å². The van der Waals surface area contributed by atoms with Gasteiger partial charge in [-0.1, -0.05) is 13.3 Å². The SMILES string of the molecule is CCCC/C(C(=O)O)=C(/C)C(=O)O. The van der Waals surface area contributed by atoms with Crippen molar-refractivity contribution in [3.63, 3.8) is 0 Å². The first kappa shape index (κ1) is 11.7. The largest absolute Gasteiger partial charge is 0.478 e. The average Bonchev–Trinajstić information content (AvgIpc) is 2.04. The Labute approximate surface area is 76.9 Å². The van der Waals surface area contributed by atoms with Gasteiger partial charge in [0.1, 0.15) is 0 Å². The Morgan fingerprint density at radius 2 is 1.69 bits per heavy atom. The summed E-state index contributed by atoms with van der Waals surface area (Å²) in [6.07, 6.45) is 1.87. The summed E-state index contributed by atoms with van der Waals surface area (Å²) >= 11 is 0. The lowest BCUT2D eigenvalue weighted by molar-refractivity contribution is -0.136. The summed E-state index contributed by atoms with van der Waals surface area (Å²) in [6.45, 7) is 3.25. The van der Waals surface area contributed by atoms with Gasteiger partial charge in [0.05, 0.1) is 0 Å². The van der Waals surface area contributed by atoms with E-state index in [1.54, 1.807) is 0 Å². The minimum atomic E-state index is -1.16. The van der Waals surface area contributed by atoms with Crippen molar-refractivity contribution in [2.75, 3.05) is 0 Å². The molecule has 4 heteroatoms. The molecule has 0 saturated carbocycles. The summed E-state index contributed by atoms with van der Waals surface area (Å²) < 4.78 is 0. The van der Waals surface area contributed by atoms with Crippen LogP contribution in [0.2, 0.25) is 0 Å². The van der Waals surface area contributed by atoms with Gasteiger partial charge in [0.2, 0.25) is 0 Å². The van der Waals surface area contributed by atoms with Crippen LogP contribution in [0.1, 0.15) is 33.1 Å². The molecule has 0 atom stereocenters. The van der Waals surface area contributed by atoms with E-state index in [1.165, 1.54) is 6.92 Å². The zero-order valence-electron chi connectivity index (χ0n) is 7.83. The molecular formula is C9H14O4. The van der Waals surface area contributed by atoms with Gasteiger partial charge < -0.3 is 10.2 Å². The molecule has 0 fully saturated rings. The lowest BCUT2D eigenvalue weighted by Crippen LogP contribution is -2.09. The highest BCUT2D eigenvalue weighted by Gasteiger charge is 2.14. The van der Waals surface area contributed by atoms with Crippen LogP contribution in [0.3, 0.4) is 0 Å². The fourth-order valence-electron chi connectivity index (χ4n) is 0.937. The molecule has 0 aromatic carbocycles. The summed E-state index contributed by atoms with van der Waals surface area (Å²) in [5, 5.41) is 17.3. The molecule has 0 aliphatic heterocycles. The van der Waals surface area contributed by atoms with Crippen LogP contribution in [0.25, 0.3) is 0 Å². The molecule has 0 aliphatic rings. The quantitative estimate of drug-likeness (QED) is 0.640. The maximum atomic E-state index is 10.6. The maximum Gasteiger partial charge on any atom is 0.332 e. The Hall–Kier alpha value is -1.32. The molecule has 0 aromatic rings. The number of aliphatic carboxylic acids is 2. The molecule has 0 unspecified atom stereocenters. The monoisotopic (exact) mass is 186 g/mol. The zero-order valence-corrected chi connectivity index (χ0v) is 7.83. The number of carboxylic acid groups (broad SMARTS) is 2. The highest BCUT2D eigenvalue weighted by molar-refractivity contribution is 5.98. The number of hydrogen-bond acceptors (Lipinski definition) is 2. The Balaban J connectivity index is 4.67. The standard InChI is InChI=1S/C9H14O4/c1-3-4-5-7(9(12)13)6(2)8(10)11/h3-5H2,1-2H3,(H,10,11)(H,12,13)/b7-6+. The molecule has 0 spiro atoms. The van der Waals surface area contributed by atoms with Crippen LogP contribution in [0.4, 0.5) is 0 Å². The van der Waals surface area contributed by atoms with Gasteiger partial charge in [0, 0.05) is 11.1 Å². The summed E-state index contributed by atoms with van der Waals surface area (Å²) in [7, 11) is 0. The third kappa shape index (κ3) is 3.73. The highest BCUT2D eigenvalue weighted by Crippen LogP contribution is 2.12. The second kappa shape index (κ2) is 5.35. The summed E-state index contributed by atoms with van der Waals surface area (Å²) in [5.41, 5.74) is -0.0599. The van der Waals surface area contributed by atoms with Gasteiger partial charge in [-0.15, -0.1) is 0 Å². The lowest BCUT2D eigenvalue weighted by Gasteiger charge is -2.03. The molecule has 0 heterocycles. The van der Waals surface area contributed by atoms with Crippen molar-refractivity contribution in [1.82, 2.24) is 0 Å². The van der Waals surface area contributed by atoms with Gasteiger partial charge in [-0.05, 0) is 19.8 Å². The lowest BCUT2D eigenvalue weighted by atomic mass is 10.0. The second-order valence-electron chi connectivity index (χ2n) is 2.82.